The van der Waals surface area contributed by atoms with Gasteiger partial charge >= 0.3 is 5.97 Å². The number of carbonyl (C=O) groups is 1. The Kier molecular flexibility index (Phi) is 8.01. The molecule has 8 nitrogen and oxygen atoms in total. The maximum atomic E-state index is 15.6. The van der Waals surface area contributed by atoms with Gasteiger partial charge in [0.2, 0.25) is 5.88 Å². The highest BCUT2D eigenvalue weighted by Gasteiger charge is 2.39. The topological polar surface area (TPSA) is 99.4 Å². The lowest BCUT2D eigenvalue weighted by Gasteiger charge is -2.28. The number of fused-ring (bicyclic) bond motifs is 1. The van der Waals surface area contributed by atoms with E-state index in [0.717, 1.165) is 25.3 Å². The summed E-state index contributed by atoms with van der Waals surface area (Å²) in [4.78, 5) is 24.7. The highest BCUT2D eigenvalue weighted by Crippen LogP contribution is 2.40. The molecule has 12 heteroatoms. The van der Waals surface area contributed by atoms with Gasteiger partial charge in [-0.25, -0.2) is 32.3 Å². The van der Waals surface area contributed by atoms with Crippen LogP contribution in [0.15, 0.2) is 66.9 Å². The molecule has 46 heavy (non-hydrogen) atoms. The normalized spacial score (nSPS) is 16.2. The molecule has 0 saturated carbocycles. The molecular weight excluding hydrogens is 604 g/mol. The van der Waals surface area contributed by atoms with Gasteiger partial charge in [0.25, 0.3) is 5.92 Å². The Labute approximate surface area is 261 Å². The highest BCUT2D eigenvalue weighted by molar-refractivity contribution is 5.92. The number of carboxylic acids is 1. The summed E-state index contributed by atoms with van der Waals surface area (Å²) in [7, 11) is 0. The van der Waals surface area contributed by atoms with Crippen molar-refractivity contribution in [2.24, 2.45) is 5.41 Å². The molecular formula is C34H30F4N4O4. The first-order valence-corrected chi connectivity index (χ1v) is 14.5. The molecule has 4 heterocycles. The molecule has 0 unspecified atom stereocenters. The number of hydrogen-bond acceptors (Lipinski definition) is 6. The summed E-state index contributed by atoms with van der Waals surface area (Å²) < 4.78 is 71.4. The molecule has 1 atom stereocenters. The Balaban J connectivity index is 1.27. The van der Waals surface area contributed by atoms with E-state index in [4.69, 9.17) is 14.5 Å². The van der Waals surface area contributed by atoms with Crippen molar-refractivity contribution in [3.8, 4) is 17.1 Å². The minimum atomic E-state index is -3.01. The van der Waals surface area contributed by atoms with Crippen LogP contribution in [0.4, 0.5) is 17.6 Å². The van der Waals surface area contributed by atoms with Crippen molar-refractivity contribution in [2.45, 2.75) is 45.8 Å². The second-order valence-corrected chi connectivity index (χ2v) is 12.1. The molecule has 1 aliphatic rings. The number of nitrogens with zero attached hydrogens (tertiary/aromatic N) is 4. The molecule has 6 rings (SSSR count). The Morgan fingerprint density at radius 2 is 1.89 bits per heavy atom. The number of aromatic carboxylic acids is 1. The van der Waals surface area contributed by atoms with E-state index in [1.807, 2.05) is 18.4 Å². The van der Waals surface area contributed by atoms with Crippen LogP contribution in [0.3, 0.4) is 0 Å². The van der Waals surface area contributed by atoms with E-state index in [2.05, 4.69) is 9.97 Å². The van der Waals surface area contributed by atoms with E-state index < -0.39 is 23.5 Å². The van der Waals surface area contributed by atoms with Gasteiger partial charge in [-0.2, -0.15) is 0 Å². The zero-order valence-electron chi connectivity index (χ0n) is 25.2. The van der Waals surface area contributed by atoms with Crippen LogP contribution in [0, 0.1) is 17.0 Å². The van der Waals surface area contributed by atoms with Gasteiger partial charge in [-0.3, -0.25) is 4.98 Å². The highest BCUT2D eigenvalue weighted by atomic mass is 19.3. The molecule has 1 aliphatic heterocycles. The molecule has 3 aromatic heterocycles. The number of aromatic nitrogens is 4. The van der Waals surface area contributed by atoms with E-state index in [0.29, 0.717) is 35.8 Å². The predicted molar refractivity (Wildman–Crippen MR) is 161 cm³/mol. The number of benzene rings is 2. The lowest BCUT2D eigenvalue weighted by atomic mass is 9.87. The van der Waals surface area contributed by atoms with Crippen LogP contribution >= 0.6 is 0 Å². The summed E-state index contributed by atoms with van der Waals surface area (Å²) in [6, 6.07) is 13.9. The minimum Gasteiger partial charge on any atom is -0.478 e. The summed E-state index contributed by atoms with van der Waals surface area (Å²) in [5.41, 5.74) is 1.16. The van der Waals surface area contributed by atoms with Gasteiger partial charge in [-0.1, -0.05) is 19.9 Å². The van der Waals surface area contributed by atoms with Crippen LogP contribution in [-0.4, -0.2) is 43.8 Å². The summed E-state index contributed by atoms with van der Waals surface area (Å²) in [6.07, 6.45) is 1.02. The predicted octanol–water partition coefficient (Wildman–Crippen LogP) is 7.35. The van der Waals surface area contributed by atoms with Gasteiger partial charge in [0.15, 0.2) is 0 Å². The first kappa shape index (κ1) is 31.2. The van der Waals surface area contributed by atoms with Crippen molar-refractivity contribution in [1.82, 2.24) is 19.5 Å². The number of ether oxygens (including phenoxy) is 2. The van der Waals surface area contributed by atoms with Gasteiger partial charge in [0.1, 0.15) is 24.1 Å². The maximum Gasteiger partial charge on any atom is 0.335 e. The lowest BCUT2D eigenvalue weighted by molar-refractivity contribution is 0.0170. The molecule has 1 N–H and O–H groups in total. The van der Waals surface area contributed by atoms with Crippen LogP contribution in [-0.2, 0) is 23.7 Å². The van der Waals surface area contributed by atoms with Gasteiger partial charge in [0.05, 0.1) is 47.2 Å². The van der Waals surface area contributed by atoms with Crippen LogP contribution < -0.4 is 4.74 Å². The largest absolute Gasteiger partial charge is 0.478 e. The molecule has 5 aromatic rings. The Hall–Kier alpha value is -4.84. The molecule has 0 aliphatic carbocycles. The Bertz CT molecular complexity index is 1940. The molecule has 2 aromatic carbocycles. The fourth-order valence-electron chi connectivity index (χ4n) is 5.58. The third-order valence-electron chi connectivity index (χ3n) is 8.16. The van der Waals surface area contributed by atoms with Crippen molar-refractivity contribution in [1.29, 1.82) is 0 Å². The molecule has 0 amide bonds. The van der Waals surface area contributed by atoms with Crippen LogP contribution in [0.1, 0.15) is 59.8 Å². The van der Waals surface area contributed by atoms with Crippen molar-refractivity contribution in [3.63, 3.8) is 0 Å². The lowest BCUT2D eigenvalue weighted by Crippen LogP contribution is -2.27. The van der Waals surface area contributed by atoms with Crippen molar-refractivity contribution < 1.29 is 36.9 Å². The summed E-state index contributed by atoms with van der Waals surface area (Å²) in [5.74, 6) is -4.92. The smallest absolute Gasteiger partial charge is 0.335 e. The van der Waals surface area contributed by atoms with Gasteiger partial charge < -0.3 is 19.1 Å². The summed E-state index contributed by atoms with van der Waals surface area (Å²) in [6.45, 7) is 5.61. The number of alkyl halides is 2. The average Bonchev–Trinajstić information content (AvgIpc) is 3.54. The summed E-state index contributed by atoms with van der Waals surface area (Å²) in [5, 5.41) is 9.58. The number of halogens is 4. The Morgan fingerprint density at radius 3 is 2.57 bits per heavy atom. The van der Waals surface area contributed by atoms with Crippen molar-refractivity contribution in [2.75, 3.05) is 13.2 Å². The molecule has 0 bridgehead atoms. The quantitative estimate of drug-likeness (QED) is 0.169. The molecule has 1 saturated heterocycles. The van der Waals surface area contributed by atoms with E-state index >= 15 is 8.78 Å². The van der Waals surface area contributed by atoms with E-state index in [-0.39, 0.29) is 58.3 Å². The summed E-state index contributed by atoms with van der Waals surface area (Å²) >= 11 is 0. The zero-order chi connectivity index (χ0) is 32.8. The first-order chi connectivity index (χ1) is 21.8. The van der Waals surface area contributed by atoms with Crippen molar-refractivity contribution in [3.05, 3.63) is 107 Å². The van der Waals surface area contributed by atoms with Crippen LogP contribution in [0.5, 0.6) is 5.88 Å². The number of imidazole rings is 1. The van der Waals surface area contributed by atoms with Crippen molar-refractivity contribution >= 4 is 17.0 Å². The van der Waals surface area contributed by atoms with Crippen LogP contribution in [0.2, 0.25) is 0 Å². The minimum absolute atomic E-state index is 0.0565. The standard InChI is InChI=1S/C34H30F4N4O4/c1-33(2)18-45-17-29(33)42-28-12-19(32(43)44)7-10-27(28)40-30(42)13-20-11-25(36)23(14-24(20)35)26-5-4-6-31(41-26)46-16-22-9-8-21(15-39-22)34(3,37)38/h4-12,14-15,29H,13,16-18H2,1-3H3,(H,43,44)/t29-/m1/s1. The zero-order valence-corrected chi connectivity index (χ0v) is 25.2. The number of rotatable bonds is 9. The molecule has 1 fully saturated rings. The van der Waals surface area contributed by atoms with E-state index in [1.54, 1.807) is 12.1 Å². The third kappa shape index (κ3) is 6.17. The van der Waals surface area contributed by atoms with Crippen LogP contribution in [0.25, 0.3) is 22.3 Å². The molecule has 0 radical (unpaired) electrons. The second-order valence-electron chi connectivity index (χ2n) is 12.1. The number of pyridine rings is 2. The molecule has 238 valence electrons. The van der Waals surface area contributed by atoms with E-state index in [1.165, 1.54) is 36.4 Å². The Morgan fingerprint density at radius 1 is 1.09 bits per heavy atom. The van der Waals surface area contributed by atoms with Gasteiger partial charge in [-0.15, -0.1) is 0 Å². The van der Waals surface area contributed by atoms with E-state index in [9.17, 15) is 18.7 Å². The van der Waals surface area contributed by atoms with Gasteiger partial charge in [-0.05, 0) is 54.1 Å². The fraction of sp³-hybridized carbons (Fsp3) is 0.294. The monoisotopic (exact) mass is 634 g/mol. The SMILES string of the molecule is CC(F)(F)c1ccc(COc2cccc(-c3cc(F)c(Cc4nc5ccc(C(=O)O)cc5n4[C@@H]4COCC4(C)C)cc3F)n2)nc1. The number of hydrogen-bond donors (Lipinski definition) is 1. The third-order valence-corrected chi connectivity index (χ3v) is 8.16. The second kappa shape index (κ2) is 11.8. The average molecular weight is 635 g/mol. The van der Waals surface area contributed by atoms with Gasteiger partial charge in [0, 0.05) is 42.1 Å². The first-order valence-electron chi connectivity index (χ1n) is 14.5. The fourth-order valence-corrected chi connectivity index (χ4v) is 5.58. The molecule has 0 spiro atoms. The number of carboxylic acid groups (broad SMARTS) is 1. The maximum absolute atomic E-state index is 15.6.